The molecule has 28 heavy (non-hydrogen) atoms. The number of allylic oxidation sites excluding steroid dienone is 2. The van der Waals surface area contributed by atoms with Crippen LogP contribution in [0.3, 0.4) is 0 Å². The number of nitrogens with zero attached hydrogens (tertiary/aromatic N) is 4. The molecule has 1 fully saturated rings. The van der Waals surface area contributed by atoms with Crippen LogP contribution >= 0.6 is 11.3 Å². The van der Waals surface area contributed by atoms with Gasteiger partial charge in [-0.05, 0) is 56.0 Å². The molecule has 0 radical (unpaired) electrons. The molecule has 1 aliphatic rings. The molecule has 4 heterocycles. The molecule has 1 aliphatic heterocycles. The number of likely N-dealkylation sites (tertiary alicyclic amines) is 1. The van der Waals surface area contributed by atoms with Gasteiger partial charge < -0.3 is 4.90 Å². The first-order valence-electron chi connectivity index (χ1n) is 9.68. The summed E-state index contributed by atoms with van der Waals surface area (Å²) in [5.41, 5.74) is 6.23. The zero-order valence-electron chi connectivity index (χ0n) is 16.1. The smallest absolute Gasteiger partial charge is 0.141 e. The maximum atomic E-state index is 4.81. The topological polar surface area (TPSA) is 41.9 Å². The summed E-state index contributed by atoms with van der Waals surface area (Å²) in [6, 6.07) is 8.18. The Bertz CT molecular complexity index is 986. The Morgan fingerprint density at radius 2 is 1.93 bits per heavy atom. The number of piperidine rings is 1. The van der Waals surface area contributed by atoms with Crippen molar-refractivity contribution in [1.29, 1.82) is 0 Å². The first kappa shape index (κ1) is 18.6. The lowest BCUT2D eigenvalue weighted by atomic mass is 10.0. The Morgan fingerprint density at radius 1 is 1.11 bits per heavy atom. The number of aryl methyl sites for hydroxylation is 1. The van der Waals surface area contributed by atoms with Gasteiger partial charge in [-0.15, -0.1) is 11.3 Å². The first-order chi connectivity index (χ1) is 13.8. The standard InChI is InChI=1S/C23H24N4S/c1-3-8-22(27-12-5-4-6-13-27)18-15-21(25-16-17(18)2)19-9-7-10-20(26-19)23-24-11-14-28-23/h3,7-11,14-16H,1,4-6,12-13H2,2H3/b22-8+. The van der Waals surface area contributed by atoms with Crippen LogP contribution in [0, 0.1) is 6.92 Å². The average molecular weight is 389 g/mol. The van der Waals surface area contributed by atoms with E-state index in [1.165, 1.54) is 36.1 Å². The minimum atomic E-state index is 0.866. The highest BCUT2D eigenvalue weighted by Gasteiger charge is 2.17. The maximum absolute atomic E-state index is 4.81. The lowest BCUT2D eigenvalue weighted by Gasteiger charge is -2.32. The van der Waals surface area contributed by atoms with Crippen LogP contribution in [0.15, 0.2) is 60.8 Å². The largest absolute Gasteiger partial charge is 0.371 e. The van der Waals surface area contributed by atoms with Gasteiger partial charge in [0.1, 0.15) is 5.01 Å². The van der Waals surface area contributed by atoms with Gasteiger partial charge in [0, 0.05) is 42.1 Å². The summed E-state index contributed by atoms with van der Waals surface area (Å²) in [7, 11) is 0. The van der Waals surface area contributed by atoms with Crippen molar-refractivity contribution in [2.75, 3.05) is 13.1 Å². The monoisotopic (exact) mass is 388 g/mol. The van der Waals surface area contributed by atoms with E-state index in [9.17, 15) is 0 Å². The minimum Gasteiger partial charge on any atom is -0.371 e. The zero-order valence-corrected chi connectivity index (χ0v) is 17.0. The van der Waals surface area contributed by atoms with Crippen LogP contribution in [0.4, 0.5) is 0 Å². The van der Waals surface area contributed by atoms with Gasteiger partial charge in [0.25, 0.3) is 0 Å². The zero-order chi connectivity index (χ0) is 19.3. The molecule has 0 bridgehead atoms. The SMILES string of the molecule is C=C/C=C(\c1cc(-c2cccc(-c3nccs3)n2)ncc1C)N1CCCCC1. The van der Waals surface area contributed by atoms with E-state index in [4.69, 9.17) is 4.98 Å². The van der Waals surface area contributed by atoms with E-state index in [0.29, 0.717) is 0 Å². The van der Waals surface area contributed by atoms with Crippen LogP contribution in [0.25, 0.3) is 27.8 Å². The Hall–Kier alpha value is -2.79. The highest BCUT2D eigenvalue weighted by molar-refractivity contribution is 7.13. The van der Waals surface area contributed by atoms with E-state index in [1.54, 1.807) is 11.3 Å². The Morgan fingerprint density at radius 3 is 2.68 bits per heavy atom. The van der Waals surface area contributed by atoms with Gasteiger partial charge in [0.2, 0.25) is 0 Å². The second-order valence-corrected chi connectivity index (χ2v) is 7.86. The number of thiazole rings is 1. The summed E-state index contributed by atoms with van der Waals surface area (Å²) in [4.78, 5) is 16.3. The summed E-state index contributed by atoms with van der Waals surface area (Å²) in [5.74, 6) is 0. The fourth-order valence-corrected chi connectivity index (χ4v) is 4.20. The van der Waals surface area contributed by atoms with Crippen LogP contribution in [0.2, 0.25) is 0 Å². The molecule has 0 unspecified atom stereocenters. The number of rotatable bonds is 5. The maximum Gasteiger partial charge on any atom is 0.141 e. The van der Waals surface area contributed by atoms with Gasteiger partial charge in [0.05, 0.1) is 17.1 Å². The number of hydrogen-bond acceptors (Lipinski definition) is 5. The number of hydrogen-bond donors (Lipinski definition) is 0. The molecular formula is C23H24N4S. The molecule has 0 spiro atoms. The normalized spacial score (nSPS) is 14.9. The van der Waals surface area contributed by atoms with Crippen LogP contribution in [-0.4, -0.2) is 32.9 Å². The predicted molar refractivity (Wildman–Crippen MR) is 117 cm³/mol. The quantitative estimate of drug-likeness (QED) is 0.535. The molecule has 1 saturated heterocycles. The molecule has 4 rings (SSSR count). The van der Waals surface area contributed by atoms with Crippen molar-refractivity contribution in [2.45, 2.75) is 26.2 Å². The molecule has 3 aromatic rings. The molecule has 0 aromatic carbocycles. The second kappa shape index (κ2) is 8.48. The van der Waals surface area contributed by atoms with Gasteiger partial charge in [0.15, 0.2) is 0 Å². The van der Waals surface area contributed by atoms with Crippen LogP contribution in [-0.2, 0) is 0 Å². The Kier molecular flexibility index (Phi) is 5.63. The van der Waals surface area contributed by atoms with E-state index < -0.39 is 0 Å². The molecule has 0 atom stereocenters. The van der Waals surface area contributed by atoms with Gasteiger partial charge in [-0.3, -0.25) is 4.98 Å². The average Bonchev–Trinajstić information content (AvgIpc) is 3.28. The second-order valence-electron chi connectivity index (χ2n) is 6.97. The van der Waals surface area contributed by atoms with E-state index in [-0.39, 0.29) is 0 Å². The molecule has 142 valence electrons. The summed E-state index contributed by atoms with van der Waals surface area (Å²) >= 11 is 1.59. The molecule has 0 amide bonds. The molecule has 4 nitrogen and oxygen atoms in total. The van der Waals surface area contributed by atoms with Crippen molar-refractivity contribution in [3.63, 3.8) is 0 Å². The van der Waals surface area contributed by atoms with E-state index >= 15 is 0 Å². The van der Waals surface area contributed by atoms with Crippen LogP contribution in [0.5, 0.6) is 0 Å². The molecular weight excluding hydrogens is 364 g/mol. The van der Waals surface area contributed by atoms with Crippen molar-refractivity contribution < 1.29 is 0 Å². The first-order valence-corrected chi connectivity index (χ1v) is 10.6. The van der Waals surface area contributed by atoms with Crippen molar-refractivity contribution in [2.24, 2.45) is 0 Å². The van der Waals surface area contributed by atoms with E-state index in [2.05, 4.69) is 40.5 Å². The summed E-state index contributed by atoms with van der Waals surface area (Å²) in [5, 5.41) is 2.89. The third-order valence-corrected chi connectivity index (χ3v) is 5.81. The van der Waals surface area contributed by atoms with E-state index in [1.807, 2.05) is 42.0 Å². The van der Waals surface area contributed by atoms with Crippen molar-refractivity contribution in [1.82, 2.24) is 19.9 Å². The van der Waals surface area contributed by atoms with Gasteiger partial charge in [-0.25, -0.2) is 9.97 Å². The lowest BCUT2D eigenvalue weighted by molar-refractivity contribution is 0.326. The summed E-state index contributed by atoms with van der Waals surface area (Å²) in [6.07, 6.45) is 11.5. The molecule has 3 aromatic heterocycles. The number of aromatic nitrogens is 3. The van der Waals surface area contributed by atoms with Crippen LogP contribution in [0.1, 0.15) is 30.4 Å². The fourth-order valence-electron chi connectivity index (χ4n) is 3.60. The fraction of sp³-hybridized carbons (Fsp3) is 0.261. The molecule has 0 aliphatic carbocycles. The molecule has 0 saturated carbocycles. The summed E-state index contributed by atoms with van der Waals surface area (Å²) < 4.78 is 0. The van der Waals surface area contributed by atoms with Crippen LogP contribution < -0.4 is 0 Å². The van der Waals surface area contributed by atoms with E-state index in [0.717, 1.165) is 35.2 Å². The Balaban J connectivity index is 1.74. The lowest BCUT2D eigenvalue weighted by Crippen LogP contribution is -2.28. The predicted octanol–water partition coefficient (Wildman–Crippen LogP) is 5.59. The van der Waals surface area contributed by atoms with Gasteiger partial charge in [-0.1, -0.05) is 18.7 Å². The third-order valence-electron chi connectivity index (χ3n) is 5.01. The number of pyridine rings is 2. The highest BCUT2D eigenvalue weighted by Crippen LogP contribution is 2.29. The minimum absolute atomic E-state index is 0.866. The van der Waals surface area contributed by atoms with Crippen molar-refractivity contribution >= 4 is 17.0 Å². The summed E-state index contributed by atoms with van der Waals surface area (Å²) in [6.45, 7) is 8.24. The van der Waals surface area contributed by atoms with Crippen molar-refractivity contribution in [3.8, 4) is 22.1 Å². The van der Waals surface area contributed by atoms with Gasteiger partial charge in [-0.2, -0.15) is 0 Å². The van der Waals surface area contributed by atoms with Crippen molar-refractivity contribution in [3.05, 3.63) is 71.9 Å². The highest BCUT2D eigenvalue weighted by atomic mass is 32.1. The van der Waals surface area contributed by atoms with Gasteiger partial charge >= 0.3 is 0 Å². The Labute approximate surface area is 170 Å². The third kappa shape index (κ3) is 3.90. The molecule has 0 N–H and O–H groups in total. The molecule has 5 heteroatoms.